The fourth-order valence-electron chi connectivity index (χ4n) is 5.17. The first-order chi connectivity index (χ1) is 12.4. The van der Waals surface area contributed by atoms with Gasteiger partial charge >= 0.3 is 0 Å². The molecule has 2 aliphatic carbocycles. The molecular weight excluding hydrogens is 358 g/mol. The summed E-state index contributed by atoms with van der Waals surface area (Å²) in [6.07, 6.45) is 9.31. The Kier molecular flexibility index (Phi) is 5.54. The molecule has 1 heterocycles. The maximum Gasteiger partial charge on any atom is 0.244 e. The van der Waals surface area contributed by atoms with E-state index in [2.05, 4.69) is 25.5 Å². The molecule has 2 atom stereocenters. The summed E-state index contributed by atoms with van der Waals surface area (Å²) in [4.78, 5) is 0.373. The zero-order chi connectivity index (χ0) is 20.0. The Morgan fingerprint density at radius 2 is 1.81 bits per heavy atom. The topological polar surface area (TPSA) is 64.0 Å². The van der Waals surface area contributed by atoms with E-state index in [4.69, 9.17) is 5.10 Å². The van der Waals surface area contributed by atoms with Gasteiger partial charge in [0, 0.05) is 17.7 Å². The van der Waals surface area contributed by atoms with E-state index in [1.807, 2.05) is 25.5 Å². The first-order valence-electron chi connectivity index (χ1n) is 10.5. The van der Waals surface area contributed by atoms with Crippen molar-refractivity contribution in [1.82, 2.24) is 14.5 Å². The highest BCUT2D eigenvalue weighted by atomic mass is 32.2. The molecule has 5 nitrogen and oxygen atoms in total. The zero-order valence-electron chi connectivity index (χ0n) is 17.9. The van der Waals surface area contributed by atoms with Crippen molar-refractivity contribution >= 4 is 10.0 Å². The number of nitrogens with one attached hydrogen (secondary N) is 1. The van der Waals surface area contributed by atoms with E-state index in [0.29, 0.717) is 22.5 Å². The summed E-state index contributed by atoms with van der Waals surface area (Å²) in [7, 11) is -3.59. The smallest absolute Gasteiger partial charge is 0.244 e. The van der Waals surface area contributed by atoms with Crippen molar-refractivity contribution in [2.24, 2.45) is 11.3 Å². The van der Waals surface area contributed by atoms with Crippen molar-refractivity contribution in [1.29, 1.82) is 0 Å². The minimum atomic E-state index is -3.59. The Morgan fingerprint density at radius 1 is 1.19 bits per heavy atom. The normalized spacial score (nSPS) is 27.2. The molecule has 2 saturated carbocycles. The summed E-state index contributed by atoms with van der Waals surface area (Å²) < 4.78 is 31.7. The molecule has 1 aromatic rings. The third-order valence-corrected chi connectivity index (χ3v) is 7.63. The number of aromatic nitrogens is 2. The predicted molar refractivity (Wildman–Crippen MR) is 109 cm³/mol. The van der Waals surface area contributed by atoms with Crippen molar-refractivity contribution in [3.05, 3.63) is 11.9 Å². The van der Waals surface area contributed by atoms with Crippen molar-refractivity contribution in [3.8, 4) is 0 Å². The van der Waals surface area contributed by atoms with Gasteiger partial charge in [-0.05, 0) is 43.4 Å². The van der Waals surface area contributed by atoms with Gasteiger partial charge in [-0.25, -0.2) is 13.1 Å². The molecular formula is C21H37N3O2S. The maximum atomic E-state index is 13.3. The van der Waals surface area contributed by atoms with Crippen LogP contribution in [-0.2, 0) is 15.4 Å². The largest absolute Gasteiger partial charge is 0.268 e. The average molecular weight is 396 g/mol. The summed E-state index contributed by atoms with van der Waals surface area (Å²) in [5.74, 6) is 0.532. The fourth-order valence-corrected chi connectivity index (χ4v) is 6.76. The lowest BCUT2D eigenvalue weighted by Crippen LogP contribution is -2.43. The van der Waals surface area contributed by atoms with Gasteiger partial charge in [-0.2, -0.15) is 5.10 Å². The van der Waals surface area contributed by atoms with Crippen LogP contribution in [0.3, 0.4) is 0 Å². The second kappa shape index (κ2) is 7.18. The monoisotopic (exact) mass is 395 g/mol. The molecule has 1 N–H and O–H groups in total. The van der Waals surface area contributed by atoms with Gasteiger partial charge in [0.1, 0.15) is 4.90 Å². The van der Waals surface area contributed by atoms with Gasteiger partial charge in [-0.15, -0.1) is 0 Å². The van der Waals surface area contributed by atoms with Gasteiger partial charge in [0.25, 0.3) is 0 Å². The third-order valence-electron chi connectivity index (χ3n) is 6.11. The minimum absolute atomic E-state index is 0.00333. The molecule has 0 spiro atoms. The van der Waals surface area contributed by atoms with Gasteiger partial charge in [0.2, 0.25) is 10.0 Å². The van der Waals surface area contributed by atoms with Gasteiger partial charge in [0.05, 0.1) is 11.7 Å². The van der Waals surface area contributed by atoms with Gasteiger partial charge in [-0.3, -0.25) is 4.68 Å². The Labute approximate surface area is 165 Å². The van der Waals surface area contributed by atoms with Crippen LogP contribution in [0, 0.1) is 11.3 Å². The second-order valence-electron chi connectivity index (χ2n) is 10.7. The van der Waals surface area contributed by atoms with Crippen LogP contribution in [0.5, 0.6) is 0 Å². The standard InChI is InChI=1S/C21H37N3O2S/c1-15-11-16(13-21(5,6)12-15)23-27(25,26)18-14-24(17-9-7-8-10-17)22-19(18)20(2,3)4/h14-17,23H,7-13H2,1-6H3. The molecule has 2 unspecified atom stereocenters. The van der Waals surface area contributed by atoms with Crippen LogP contribution in [0.25, 0.3) is 0 Å². The van der Waals surface area contributed by atoms with Crippen molar-refractivity contribution in [3.63, 3.8) is 0 Å². The Morgan fingerprint density at radius 3 is 2.37 bits per heavy atom. The molecule has 0 radical (unpaired) electrons. The Hall–Kier alpha value is -0.880. The lowest BCUT2D eigenvalue weighted by Gasteiger charge is -2.39. The molecule has 0 aromatic carbocycles. The first kappa shape index (κ1) is 20.8. The summed E-state index contributed by atoms with van der Waals surface area (Å²) in [6, 6.07) is 0.333. The SMILES string of the molecule is CC1CC(NS(=O)(=O)c2cn(C3CCCC3)nc2C(C)(C)C)CC(C)(C)C1. The molecule has 0 saturated heterocycles. The van der Waals surface area contributed by atoms with Crippen molar-refractivity contribution in [2.75, 3.05) is 0 Å². The quantitative estimate of drug-likeness (QED) is 0.797. The molecule has 27 heavy (non-hydrogen) atoms. The number of sulfonamides is 1. The highest BCUT2D eigenvalue weighted by Crippen LogP contribution is 2.39. The number of rotatable bonds is 4. The number of hydrogen-bond donors (Lipinski definition) is 1. The van der Waals surface area contributed by atoms with E-state index < -0.39 is 10.0 Å². The molecule has 2 aliphatic rings. The summed E-state index contributed by atoms with van der Waals surface area (Å²) in [6.45, 7) is 12.8. The van der Waals surface area contributed by atoms with Gasteiger partial charge in [0.15, 0.2) is 0 Å². The molecule has 0 bridgehead atoms. The average Bonchev–Trinajstić information content (AvgIpc) is 3.13. The van der Waals surface area contributed by atoms with Crippen LogP contribution in [0.1, 0.15) is 98.2 Å². The van der Waals surface area contributed by atoms with Crippen molar-refractivity contribution < 1.29 is 8.42 Å². The molecule has 2 fully saturated rings. The zero-order valence-corrected chi connectivity index (χ0v) is 18.7. The molecule has 0 aliphatic heterocycles. The third kappa shape index (κ3) is 4.76. The summed E-state index contributed by atoms with van der Waals surface area (Å²) in [5, 5.41) is 4.76. The van der Waals surface area contributed by atoms with E-state index in [1.54, 1.807) is 6.20 Å². The molecule has 154 valence electrons. The lowest BCUT2D eigenvalue weighted by molar-refractivity contribution is 0.163. The second-order valence-corrected chi connectivity index (χ2v) is 12.4. The van der Waals surface area contributed by atoms with Gasteiger partial charge < -0.3 is 0 Å². The molecule has 0 amide bonds. The van der Waals surface area contributed by atoms with Crippen LogP contribution in [0.4, 0.5) is 0 Å². The van der Waals surface area contributed by atoms with Crippen LogP contribution in [0.2, 0.25) is 0 Å². The van der Waals surface area contributed by atoms with Crippen LogP contribution in [0.15, 0.2) is 11.1 Å². The van der Waals surface area contributed by atoms with Crippen LogP contribution in [-0.4, -0.2) is 24.2 Å². The van der Waals surface area contributed by atoms with E-state index in [-0.39, 0.29) is 16.9 Å². The summed E-state index contributed by atoms with van der Waals surface area (Å²) in [5.41, 5.74) is 0.545. The van der Waals surface area contributed by atoms with E-state index in [0.717, 1.165) is 32.1 Å². The van der Waals surface area contributed by atoms with E-state index in [9.17, 15) is 8.42 Å². The molecule has 3 rings (SSSR count). The lowest BCUT2D eigenvalue weighted by atomic mass is 9.71. The van der Waals surface area contributed by atoms with Crippen LogP contribution >= 0.6 is 0 Å². The number of hydrogen-bond acceptors (Lipinski definition) is 3. The highest BCUT2D eigenvalue weighted by molar-refractivity contribution is 7.89. The van der Waals surface area contributed by atoms with Gasteiger partial charge in [-0.1, -0.05) is 54.4 Å². The van der Waals surface area contributed by atoms with Crippen LogP contribution < -0.4 is 4.72 Å². The Bertz CT molecular complexity index is 768. The van der Waals surface area contributed by atoms with Crippen molar-refractivity contribution in [2.45, 2.75) is 109 Å². The first-order valence-corrected chi connectivity index (χ1v) is 12.0. The highest BCUT2D eigenvalue weighted by Gasteiger charge is 2.37. The minimum Gasteiger partial charge on any atom is -0.268 e. The molecule has 6 heteroatoms. The molecule has 1 aromatic heterocycles. The van der Waals surface area contributed by atoms with E-state index >= 15 is 0 Å². The Balaban J connectivity index is 1.91. The fraction of sp³-hybridized carbons (Fsp3) is 0.857. The number of nitrogens with zero attached hydrogens (tertiary/aromatic N) is 2. The predicted octanol–water partition coefficient (Wildman–Crippen LogP) is 4.79. The summed E-state index contributed by atoms with van der Waals surface area (Å²) >= 11 is 0. The maximum absolute atomic E-state index is 13.3. The van der Waals surface area contributed by atoms with E-state index in [1.165, 1.54) is 12.8 Å².